The number of unbranched alkanes of at least 4 members (excludes halogenated alkanes) is 5. The van der Waals surface area contributed by atoms with Crippen LogP contribution < -0.4 is 0 Å². The lowest BCUT2D eigenvalue weighted by Crippen LogP contribution is -2.06. The fraction of sp³-hybridized carbons (Fsp3) is 0.625. The van der Waals surface area contributed by atoms with E-state index in [0.29, 0.717) is 24.2 Å². The lowest BCUT2D eigenvalue weighted by Gasteiger charge is -2.04. The van der Waals surface area contributed by atoms with E-state index < -0.39 is 0 Å². The molecule has 0 spiro atoms. The van der Waals surface area contributed by atoms with Crippen LogP contribution in [-0.4, -0.2) is 18.4 Å². The van der Waals surface area contributed by atoms with E-state index in [4.69, 9.17) is 4.74 Å². The standard InChI is InChI=1S/C16H26O3/c1-13(2)15(17)11-9-7-5-6-8-10-12-19-16(18)14(3)4/h1,3,5-12H2,2,4H3. The summed E-state index contributed by atoms with van der Waals surface area (Å²) in [6.45, 7) is 11.0. The molecule has 3 heteroatoms. The van der Waals surface area contributed by atoms with Gasteiger partial charge in [0.05, 0.1) is 6.61 Å². The molecule has 0 rings (SSSR count). The van der Waals surface area contributed by atoms with E-state index in [2.05, 4.69) is 13.2 Å². The summed E-state index contributed by atoms with van der Waals surface area (Å²) in [6.07, 6.45) is 6.82. The van der Waals surface area contributed by atoms with Crippen molar-refractivity contribution in [3.05, 3.63) is 24.3 Å². The van der Waals surface area contributed by atoms with Crippen molar-refractivity contribution in [2.45, 2.75) is 58.8 Å². The minimum atomic E-state index is -0.307. The smallest absolute Gasteiger partial charge is 0.333 e. The van der Waals surface area contributed by atoms with Gasteiger partial charge in [-0.25, -0.2) is 4.79 Å². The molecule has 0 saturated heterocycles. The van der Waals surface area contributed by atoms with Crippen LogP contribution in [0.4, 0.5) is 0 Å². The van der Waals surface area contributed by atoms with Crippen molar-refractivity contribution in [3.8, 4) is 0 Å². The van der Waals surface area contributed by atoms with Crippen LogP contribution in [0.15, 0.2) is 24.3 Å². The predicted molar refractivity (Wildman–Crippen MR) is 77.9 cm³/mol. The first-order valence-corrected chi connectivity index (χ1v) is 6.96. The van der Waals surface area contributed by atoms with Crippen LogP contribution in [0.1, 0.15) is 58.8 Å². The highest BCUT2D eigenvalue weighted by atomic mass is 16.5. The van der Waals surface area contributed by atoms with Gasteiger partial charge in [0.25, 0.3) is 0 Å². The van der Waals surface area contributed by atoms with Gasteiger partial charge in [0.1, 0.15) is 0 Å². The van der Waals surface area contributed by atoms with Crippen molar-refractivity contribution in [1.82, 2.24) is 0 Å². The molecule has 108 valence electrons. The summed E-state index contributed by atoms with van der Waals surface area (Å²) < 4.78 is 5.00. The topological polar surface area (TPSA) is 43.4 Å². The van der Waals surface area contributed by atoms with Crippen molar-refractivity contribution in [1.29, 1.82) is 0 Å². The van der Waals surface area contributed by atoms with Crippen LogP contribution in [0.3, 0.4) is 0 Å². The van der Waals surface area contributed by atoms with Gasteiger partial charge >= 0.3 is 5.97 Å². The summed E-state index contributed by atoms with van der Waals surface area (Å²) in [7, 11) is 0. The Morgan fingerprint density at radius 3 is 1.89 bits per heavy atom. The molecule has 0 aliphatic rings. The maximum atomic E-state index is 11.3. The third-order valence-corrected chi connectivity index (χ3v) is 2.86. The summed E-state index contributed by atoms with van der Waals surface area (Å²) in [5.41, 5.74) is 1.10. The molecular weight excluding hydrogens is 240 g/mol. The van der Waals surface area contributed by atoms with Crippen LogP contribution in [0, 0.1) is 0 Å². The van der Waals surface area contributed by atoms with E-state index in [0.717, 1.165) is 38.5 Å². The second kappa shape index (κ2) is 10.5. The van der Waals surface area contributed by atoms with E-state index in [1.54, 1.807) is 13.8 Å². The third kappa shape index (κ3) is 10.2. The van der Waals surface area contributed by atoms with Crippen molar-refractivity contribution < 1.29 is 14.3 Å². The van der Waals surface area contributed by atoms with Crippen molar-refractivity contribution in [2.24, 2.45) is 0 Å². The minimum Gasteiger partial charge on any atom is -0.462 e. The van der Waals surface area contributed by atoms with E-state index in [9.17, 15) is 9.59 Å². The van der Waals surface area contributed by atoms with Crippen LogP contribution >= 0.6 is 0 Å². The number of hydrogen-bond donors (Lipinski definition) is 0. The maximum absolute atomic E-state index is 11.3. The molecule has 0 fully saturated rings. The number of allylic oxidation sites excluding steroid dienone is 1. The Bertz CT molecular complexity index is 297. The SMILES string of the molecule is C=C(C)C(=O)CCCCCCCCOC(=O)C(=C)C. The molecule has 0 bridgehead atoms. The molecule has 0 unspecified atom stereocenters. The fourth-order valence-corrected chi connectivity index (χ4v) is 1.60. The lowest BCUT2D eigenvalue weighted by atomic mass is 10.1. The zero-order valence-corrected chi connectivity index (χ0v) is 12.3. The molecule has 0 atom stereocenters. The van der Waals surface area contributed by atoms with Gasteiger partial charge in [-0.15, -0.1) is 0 Å². The average Bonchev–Trinajstić information content (AvgIpc) is 2.35. The van der Waals surface area contributed by atoms with E-state index in [1.165, 1.54) is 0 Å². The number of esters is 1. The quantitative estimate of drug-likeness (QED) is 0.323. The summed E-state index contributed by atoms with van der Waals surface area (Å²) >= 11 is 0. The molecule has 3 nitrogen and oxygen atoms in total. The Labute approximate surface area is 116 Å². The zero-order valence-electron chi connectivity index (χ0n) is 12.3. The Morgan fingerprint density at radius 1 is 0.842 bits per heavy atom. The Balaban J connectivity index is 3.28. The number of ketones is 1. The van der Waals surface area contributed by atoms with Gasteiger partial charge in [0.2, 0.25) is 0 Å². The van der Waals surface area contributed by atoms with Gasteiger partial charge in [0, 0.05) is 12.0 Å². The predicted octanol–water partition coefficient (Wildman–Crippen LogP) is 3.98. The third-order valence-electron chi connectivity index (χ3n) is 2.86. The molecule has 0 saturated carbocycles. The minimum absolute atomic E-state index is 0.173. The van der Waals surface area contributed by atoms with E-state index in [1.807, 2.05) is 0 Å². The fourth-order valence-electron chi connectivity index (χ4n) is 1.60. The van der Waals surface area contributed by atoms with Gasteiger partial charge in [-0.2, -0.15) is 0 Å². The highest BCUT2D eigenvalue weighted by molar-refractivity contribution is 5.93. The molecule has 0 heterocycles. The first kappa shape index (κ1) is 17.6. The van der Waals surface area contributed by atoms with Crippen LogP contribution in [-0.2, 0) is 14.3 Å². The Hall–Kier alpha value is -1.38. The Kier molecular flexibility index (Phi) is 9.77. The zero-order chi connectivity index (χ0) is 14.7. The molecule has 0 aromatic rings. The molecule has 0 aliphatic heterocycles. The number of carbonyl (C=O) groups excluding carboxylic acids is 2. The number of rotatable bonds is 11. The lowest BCUT2D eigenvalue weighted by molar-refractivity contribution is -0.139. The molecule has 0 N–H and O–H groups in total. The van der Waals surface area contributed by atoms with Crippen LogP contribution in [0.5, 0.6) is 0 Å². The van der Waals surface area contributed by atoms with Gasteiger partial charge in [-0.3, -0.25) is 4.79 Å². The summed E-state index contributed by atoms with van der Waals surface area (Å²) in [5, 5.41) is 0. The first-order chi connectivity index (χ1) is 8.95. The Morgan fingerprint density at radius 2 is 1.37 bits per heavy atom. The largest absolute Gasteiger partial charge is 0.462 e. The summed E-state index contributed by atoms with van der Waals surface area (Å²) in [4.78, 5) is 22.4. The van der Waals surface area contributed by atoms with E-state index in [-0.39, 0.29) is 11.8 Å². The van der Waals surface area contributed by atoms with Gasteiger partial charge in [-0.1, -0.05) is 38.8 Å². The maximum Gasteiger partial charge on any atom is 0.333 e. The molecule has 0 radical (unpaired) electrons. The highest BCUT2D eigenvalue weighted by Crippen LogP contribution is 2.09. The molecule has 0 aliphatic carbocycles. The summed E-state index contributed by atoms with van der Waals surface area (Å²) in [5.74, 6) is -0.134. The normalized spacial score (nSPS) is 10.0. The van der Waals surface area contributed by atoms with Crippen LogP contribution in [0.2, 0.25) is 0 Å². The monoisotopic (exact) mass is 266 g/mol. The number of hydrogen-bond acceptors (Lipinski definition) is 3. The molecule has 0 aromatic heterocycles. The van der Waals surface area contributed by atoms with Crippen LogP contribution in [0.25, 0.3) is 0 Å². The van der Waals surface area contributed by atoms with Gasteiger partial charge < -0.3 is 4.74 Å². The van der Waals surface area contributed by atoms with Crippen molar-refractivity contribution in [2.75, 3.05) is 6.61 Å². The number of Topliss-reactive ketones (excluding diaryl/α,β-unsaturated/α-hetero) is 1. The average molecular weight is 266 g/mol. The van der Waals surface area contributed by atoms with Gasteiger partial charge in [0.15, 0.2) is 5.78 Å². The first-order valence-electron chi connectivity index (χ1n) is 6.96. The molecule has 0 amide bonds. The van der Waals surface area contributed by atoms with E-state index >= 15 is 0 Å². The molecule has 19 heavy (non-hydrogen) atoms. The second-order valence-corrected chi connectivity index (χ2v) is 4.99. The number of ether oxygens (including phenoxy) is 1. The van der Waals surface area contributed by atoms with Crippen molar-refractivity contribution in [3.63, 3.8) is 0 Å². The number of carbonyl (C=O) groups is 2. The van der Waals surface area contributed by atoms with Crippen molar-refractivity contribution >= 4 is 11.8 Å². The molecule has 0 aromatic carbocycles. The highest BCUT2D eigenvalue weighted by Gasteiger charge is 2.03. The summed E-state index contributed by atoms with van der Waals surface area (Å²) in [6, 6.07) is 0. The van der Waals surface area contributed by atoms with Gasteiger partial charge in [-0.05, 0) is 32.3 Å². The molecular formula is C16H26O3. The second-order valence-electron chi connectivity index (χ2n) is 4.99.